The third kappa shape index (κ3) is 6.92. The molecule has 14 heavy (non-hydrogen) atoms. The maximum Gasteiger partial charge on any atom is 0.114 e. The number of rotatable bonds is 8. The molecule has 0 aromatic rings. The van der Waals surface area contributed by atoms with E-state index in [1.165, 1.54) is 0 Å². The topological polar surface area (TPSA) is 27.7 Å². The Morgan fingerprint density at radius 2 is 2.00 bits per heavy atom. The van der Waals surface area contributed by atoms with Gasteiger partial charge in [0.1, 0.15) is 12.4 Å². The van der Waals surface area contributed by atoms with Crippen molar-refractivity contribution < 1.29 is 14.2 Å². The van der Waals surface area contributed by atoms with E-state index in [4.69, 9.17) is 14.2 Å². The van der Waals surface area contributed by atoms with Crippen LogP contribution in [0, 0.1) is 0 Å². The van der Waals surface area contributed by atoms with Gasteiger partial charge in [0.05, 0.1) is 12.2 Å². The SMILES string of the molecule is C=C(COCCC(C)(C)OC)OCC. The minimum absolute atomic E-state index is 0.118. The van der Waals surface area contributed by atoms with Crippen LogP contribution in [-0.4, -0.2) is 32.5 Å². The normalized spacial score (nSPS) is 11.4. The molecule has 0 aliphatic carbocycles. The van der Waals surface area contributed by atoms with Crippen LogP contribution in [0.1, 0.15) is 27.2 Å². The molecule has 0 aromatic heterocycles. The third-order valence-corrected chi connectivity index (χ3v) is 2.01. The second kappa shape index (κ2) is 6.85. The minimum Gasteiger partial charge on any atom is -0.496 e. The molecule has 0 amide bonds. The van der Waals surface area contributed by atoms with Crippen LogP contribution in [0.25, 0.3) is 0 Å². The molecule has 0 atom stereocenters. The molecule has 0 aromatic carbocycles. The largest absolute Gasteiger partial charge is 0.496 e. The van der Waals surface area contributed by atoms with Crippen LogP contribution in [0.5, 0.6) is 0 Å². The molecule has 0 radical (unpaired) electrons. The van der Waals surface area contributed by atoms with Crippen molar-refractivity contribution in [2.75, 3.05) is 26.9 Å². The van der Waals surface area contributed by atoms with Gasteiger partial charge in [-0.25, -0.2) is 0 Å². The molecule has 0 spiro atoms. The molecule has 3 heteroatoms. The lowest BCUT2D eigenvalue weighted by atomic mass is 10.1. The van der Waals surface area contributed by atoms with E-state index in [2.05, 4.69) is 6.58 Å². The van der Waals surface area contributed by atoms with Crippen molar-refractivity contribution in [3.8, 4) is 0 Å². The van der Waals surface area contributed by atoms with Gasteiger partial charge in [-0.1, -0.05) is 6.58 Å². The molecule has 3 nitrogen and oxygen atoms in total. The lowest BCUT2D eigenvalue weighted by molar-refractivity contribution is -0.0109. The van der Waals surface area contributed by atoms with Gasteiger partial charge in [-0.2, -0.15) is 0 Å². The quantitative estimate of drug-likeness (QED) is 0.447. The summed E-state index contributed by atoms with van der Waals surface area (Å²) in [4.78, 5) is 0. The summed E-state index contributed by atoms with van der Waals surface area (Å²) < 4.78 is 15.8. The standard InChI is InChI=1S/C11H22O3/c1-6-14-10(2)9-13-8-7-11(3,4)12-5/h2,6-9H2,1,3-5H3. The van der Waals surface area contributed by atoms with Crippen LogP contribution in [0.15, 0.2) is 12.3 Å². The average Bonchev–Trinajstić information content (AvgIpc) is 2.13. The molecule has 0 N–H and O–H groups in total. The summed E-state index contributed by atoms with van der Waals surface area (Å²) in [6.45, 7) is 11.5. The summed E-state index contributed by atoms with van der Waals surface area (Å²) in [5.41, 5.74) is -0.118. The van der Waals surface area contributed by atoms with Gasteiger partial charge in [0.25, 0.3) is 0 Å². The van der Waals surface area contributed by atoms with Gasteiger partial charge >= 0.3 is 0 Å². The Morgan fingerprint density at radius 1 is 1.36 bits per heavy atom. The predicted octanol–water partition coefficient (Wildman–Crippen LogP) is 2.37. The highest BCUT2D eigenvalue weighted by atomic mass is 16.5. The molecule has 0 aliphatic heterocycles. The molecule has 0 unspecified atom stereocenters. The summed E-state index contributed by atoms with van der Waals surface area (Å²) >= 11 is 0. The predicted molar refractivity (Wildman–Crippen MR) is 57.3 cm³/mol. The number of ether oxygens (including phenoxy) is 3. The highest BCUT2D eigenvalue weighted by Crippen LogP contribution is 2.12. The van der Waals surface area contributed by atoms with Gasteiger partial charge in [0.15, 0.2) is 0 Å². The van der Waals surface area contributed by atoms with E-state index in [-0.39, 0.29) is 5.60 Å². The van der Waals surface area contributed by atoms with Crippen molar-refractivity contribution in [1.29, 1.82) is 0 Å². The molecule has 0 bridgehead atoms. The zero-order chi connectivity index (χ0) is 11.0. The fourth-order valence-electron chi connectivity index (χ4n) is 0.852. The summed E-state index contributed by atoms with van der Waals surface area (Å²) in [5, 5.41) is 0. The van der Waals surface area contributed by atoms with Gasteiger partial charge < -0.3 is 14.2 Å². The molecular formula is C11H22O3. The Labute approximate surface area is 87.0 Å². The zero-order valence-electron chi connectivity index (χ0n) is 9.76. The molecule has 84 valence electrons. The second-order valence-corrected chi connectivity index (χ2v) is 3.74. The summed E-state index contributed by atoms with van der Waals surface area (Å²) in [7, 11) is 1.71. The molecular weight excluding hydrogens is 180 g/mol. The van der Waals surface area contributed by atoms with Gasteiger partial charge in [-0.05, 0) is 27.2 Å². The Morgan fingerprint density at radius 3 is 2.50 bits per heavy atom. The van der Waals surface area contributed by atoms with Crippen LogP contribution in [0.3, 0.4) is 0 Å². The minimum atomic E-state index is -0.118. The summed E-state index contributed by atoms with van der Waals surface area (Å²) in [6.07, 6.45) is 0.864. The lowest BCUT2D eigenvalue weighted by Crippen LogP contribution is -2.24. The molecule has 0 rings (SSSR count). The first kappa shape index (κ1) is 13.5. The fraction of sp³-hybridized carbons (Fsp3) is 0.818. The molecule has 0 saturated heterocycles. The maximum atomic E-state index is 5.38. The van der Waals surface area contributed by atoms with E-state index in [0.717, 1.165) is 6.42 Å². The van der Waals surface area contributed by atoms with Gasteiger partial charge in [-0.15, -0.1) is 0 Å². The van der Waals surface area contributed by atoms with Crippen molar-refractivity contribution in [1.82, 2.24) is 0 Å². The van der Waals surface area contributed by atoms with Crippen molar-refractivity contribution in [3.05, 3.63) is 12.3 Å². The number of hydrogen-bond acceptors (Lipinski definition) is 3. The Balaban J connectivity index is 3.42. The van der Waals surface area contributed by atoms with Crippen LogP contribution >= 0.6 is 0 Å². The summed E-state index contributed by atoms with van der Waals surface area (Å²) in [5.74, 6) is 0.683. The first-order valence-electron chi connectivity index (χ1n) is 4.95. The van der Waals surface area contributed by atoms with Gasteiger partial charge in [0, 0.05) is 13.7 Å². The van der Waals surface area contributed by atoms with Crippen LogP contribution in [0.4, 0.5) is 0 Å². The molecule has 0 heterocycles. The first-order chi connectivity index (χ1) is 6.52. The van der Waals surface area contributed by atoms with E-state index in [9.17, 15) is 0 Å². The highest BCUT2D eigenvalue weighted by Gasteiger charge is 2.15. The monoisotopic (exact) mass is 202 g/mol. The first-order valence-corrected chi connectivity index (χ1v) is 4.95. The number of hydrogen-bond donors (Lipinski definition) is 0. The molecule has 0 aliphatic rings. The Bertz CT molecular complexity index is 164. The fourth-order valence-corrected chi connectivity index (χ4v) is 0.852. The zero-order valence-corrected chi connectivity index (χ0v) is 9.76. The van der Waals surface area contributed by atoms with Gasteiger partial charge in [0.2, 0.25) is 0 Å². The Kier molecular flexibility index (Phi) is 6.58. The molecule has 0 saturated carbocycles. The Hall–Kier alpha value is -0.540. The van der Waals surface area contributed by atoms with Crippen molar-refractivity contribution in [2.24, 2.45) is 0 Å². The lowest BCUT2D eigenvalue weighted by Gasteiger charge is -2.22. The van der Waals surface area contributed by atoms with E-state index >= 15 is 0 Å². The second-order valence-electron chi connectivity index (χ2n) is 3.74. The van der Waals surface area contributed by atoms with E-state index in [1.54, 1.807) is 7.11 Å². The van der Waals surface area contributed by atoms with Crippen LogP contribution < -0.4 is 0 Å². The van der Waals surface area contributed by atoms with Crippen molar-refractivity contribution in [2.45, 2.75) is 32.8 Å². The van der Waals surface area contributed by atoms with E-state index < -0.39 is 0 Å². The van der Waals surface area contributed by atoms with Gasteiger partial charge in [-0.3, -0.25) is 0 Å². The smallest absolute Gasteiger partial charge is 0.114 e. The number of methoxy groups -OCH3 is 1. The van der Waals surface area contributed by atoms with Crippen molar-refractivity contribution >= 4 is 0 Å². The van der Waals surface area contributed by atoms with E-state index in [1.807, 2.05) is 20.8 Å². The summed E-state index contributed by atoms with van der Waals surface area (Å²) in [6, 6.07) is 0. The maximum absolute atomic E-state index is 5.38. The van der Waals surface area contributed by atoms with Crippen LogP contribution in [0.2, 0.25) is 0 Å². The average molecular weight is 202 g/mol. The van der Waals surface area contributed by atoms with Crippen molar-refractivity contribution in [3.63, 3.8) is 0 Å². The highest BCUT2D eigenvalue weighted by molar-refractivity contribution is 4.81. The third-order valence-electron chi connectivity index (χ3n) is 2.01. The van der Waals surface area contributed by atoms with E-state index in [0.29, 0.717) is 25.6 Å². The van der Waals surface area contributed by atoms with Crippen LogP contribution in [-0.2, 0) is 14.2 Å². The molecule has 0 fully saturated rings.